The van der Waals surface area contributed by atoms with Gasteiger partial charge in [0.2, 0.25) is 0 Å². The van der Waals surface area contributed by atoms with Crippen molar-refractivity contribution in [2.75, 3.05) is 19.0 Å². The first-order chi connectivity index (χ1) is 10.0. The number of amides is 1. The highest BCUT2D eigenvalue weighted by atomic mass is 35.5. The molecule has 122 valence electrons. The summed E-state index contributed by atoms with van der Waals surface area (Å²) in [5.74, 6) is -0.667. The second-order valence-electron chi connectivity index (χ2n) is 5.58. The van der Waals surface area contributed by atoms with Crippen molar-refractivity contribution in [2.45, 2.75) is 32.7 Å². The van der Waals surface area contributed by atoms with Gasteiger partial charge in [-0.15, -0.1) is 12.4 Å². The molecule has 0 fully saturated rings. The van der Waals surface area contributed by atoms with Crippen LogP contribution in [0, 0.1) is 5.92 Å². The normalized spacial score (nSPS) is 14.2. The maximum absolute atomic E-state index is 12.5. The van der Waals surface area contributed by atoms with Crippen LogP contribution >= 0.6 is 12.4 Å². The van der Waals surface area contributed by atoms with Gasteiger partial charge in [-0.25, -0.2) is 4.79 Å². The van der Waals surface area contributed by atoms with E-state index in [-0.39, 0.29) is 24.2 Å². The van der Waals surface area contributed by atoms with E-state index in [0.717, 1.165) is 30.6 Å². The van der Waals surface area contributed by atoms with E-state index in [0.29, 0.717) is 5.56 Å². The Kier molecular flexibility index (Phi) is 6.68. The number of hydrogen-bond acceptors (Lipinski definition) is 4. The van der Waals surface area contributed by atoms with Gasteiger partial charge in [0.25, 0.3) is 5.91 Å². The lowest BCUT2D eigenvalue weighted by molar-refractivity contribution is -0.144. The molecule has 1 amide bonds. The van der Waals surface area contributed by atoms with Crippen molar-refractivity contribution >= 4 is 30.0 Å². The standard InChI is InChI=1S/C16H22N2O3.ClH/c1-10(2)14(16(20)21-3)18-15(19)12-6-4-8-13-11(12)7-5-9-17-13;/h4,6,8,10,14,17H,5,7,9H2,1-3H3,(H,18,19);1H. The van der Waals surface area contributed by atoms with E-state index in [1.54, 1.807) is 6.07 Å². The number of esters is 1. The first-order valence-corrected chi connectivity index (χ1v) is 7.29. The van der Waals surface area contributed by atoms with Crippen LogP contribution in [0.2, 0.25) is 0 Å². The molecule has 0 saturated heterocycles. The van der Waals surface area contributed by atoms with Gasteiger partial charge in [0, 0.05) is 17.8 Å². The van der Waals surface area contributed by atoms with Crippen molar-refractivity contribution in [3.05, 3.63) is 29.3 Å². The van der Waals surface area contributed by atoms with Gasteiger partial charge >= 0.3 is 5.97 Å². The van der Waals surface area contributed by atoms with Crippen molar-refractivity contribution in [1.29, 1.82) is 0 Å². The summed E-state index contributed by atoms with van der Waals surface area (Å²) >= 11 is 0. The van der Waals surface area contributed by atoms with Gasteiger partial charge in [0.1, 0.15) is 6.04 Å². The second-order valence-corrected chi connectivity index (χ2v) is 5.58. The van der Waals surface area contributed by atoms with Crippen LogP contribution in [0.25, 0.3) is 0 Å². The number of halogens is 1. The molecule has 1 atom stereocenters. The molecule has 1 aromatic carbocycles. The van der Waals surface area contributed by atoms with Crippen molar-refractivity contribution in [3.63, 3.8) is 0 Å². The molecule has 1 aliphatic heterocycles. The summed E-state index contributed by atoms with van der Waals surface area (Å²) in [4.78, 5) is 24.3. The van der Waals surface area contributed by atoms with E-state index in [1.807, 2.05) is 26.0 Å². The maximum Gasteiger partial charge on any atom is 0.328 e. The average Bonchev–Trinajstić information content (AvgIpc) is 2.50. The van der Waals surface area contributed by atoms with Crippen LogP contribution in [-0.4, -0.2) is 31.6 Å². The van der Waals surface area contributed by atoms with Crippen molar-refractivity contribution in [2.24, 2.45) is 5.92 Å². The minimum atomic E-state index is -0.630. The van der Waals surface area contributed by atoms with Gasteiger partial charge < -0.3 is 15.4 Å². The second kappa shape index (κ2) is 8.03. The molecular formula is C16H23ClN2O3. The van der Waals surface area contributed by atoms with Crippen LogP contribution in [0.4, 0.5) is 5.69 Å². The molecule has 5 nitrogen and oxygen atoms in total. The lowest BCUT2D eigenvalue weighted by Gasteiger charge is -2.23. The lowest BCUT2D eigenvalue weighted by atomic mass is 9.96. The zero-order chi connectivity index (χ0) is 15.4. The fourth-order valence-corrected chi connectivity index (χ4v) is 2.57. The van der Waals surface area contributed by atoms with E-state index in [2.05, 4.69) is 10.6 Å². The molecule has 1 aliphatic rings. The summed E-state index contributed by atoms with van der Waals surface area (Å²) in [6.07, 6.45) is 1.87. The van der Waals surface area contributed by atoms with Crippen molar-refractivity contribution in [1.82, 2.24) is 5.32 Å². The number of fused-ring (bicyclic) bond motifs is 1. The summed E-state index contributed by atoms with van der Waals surface area (Å²) in [7, 11) is 1.33. The van der Waals surface area contributed by atoms with Gasteiger partial charge in [-0.05, 0) is 36.5 Å². The first kappa shape index (κ1) is 18.3. The zero-order valence-corrected chi connectivity index (χ0v) is 14.0. The number of methoxy groups -OCH3 is 1. The highest BCUT2D eigenvalue weighted by Gasteiger charge is 2.27. The van der Waals surface area contributed by atoms with E-state index in [9.17, 15) is 9.59 Å². The molecule has 0 radical (unpaired) electrons. The van der Waals surface area contributed by atoms with Gasteiger partial charge in [0.05, 0.1) is 7.11 Å². The molecule has 1 unspecified atom stereocenters. The maximum atomic E-state index is 12.5. The first-order valence-electron chi connectivity index (χ1n) is 7.29. The smallest absolute Gasteiger partial charge is 0.328 e. The van der Waals surface area contributed by atoms with Crippen LogP contribution in [0.15, 0.2) is 18.2 Å². The van der Waals surface area contributed by atoms with Crippen LogP contribution in [0.1, 0.15) is 36.2 Å². The van der Waals surface area contributed by atoms with Crippen LogP contribution < -0.4 is 10.6 Å². The summed E-state index contributed by atoms with van der Waals surface area (Å²) in [6.45, 7) is 4.68. The summed E-state index contributed by atoms with van der Waals surface area (Å²) in [6, 6.07) is 5.01. The fraction of sp³-hybridized carbons (Fsp3) is 0.500. The molecule has 22 heavy (non-hydrogen) atoms. The highest BCUT2D eigenvalue weighted by Crippen LogP contribution is 2.25. The number of hydrogen-bond donors (Lipinski definition) is 2. The monoisotopic (exact) mass is 326 g/mol. The molecule has 1 aromatic rings. The minimum absolute atomic E-state index is 0. The number of ether oxygens (including phenoxy) is 1. The van der Waals surface area contributed by atoms with Gasteiger partial charge in [-0.2, -0.15) is 0 Å². The zero-order valence-electron chi connectivity index (χ0n) is 13.1. The van der Waals surface area contributed by atoms with Gasteiger partial charge in [-0.1, -0.05) is 19.9 Å². The lowest BCUT2D eigenvalue weighted by Crippen LogP contribution is -2.45. The highest BCUT2D eigenvalue weighted by molar-refractivity contribution is 5.99. The molecule has 6 heteroatoms. The number of anilines is 1. The summed E-state index contributed by atoms with van der Waals surface area (Å²) < 4.78 is 4.76. The third kappa shape index (κ3) is 3.91. The average molecular weight is 327 g/mol. The molecule has 0 saturated carbocycles. The largest absolute Gasteiger partial charge is 0.467 e. The third-order valence-electron chi connectivity index (χ3n) is 3.75. The van der Waals surface area contributed by atoms with Crippen molar-refractivity contribution in [3.8, 4) is 0 Å². The van der Waals surface area contributed by atoms with E-state index >= 15 is 0 Å². The number of benzene rings is 1. The third-order valence-corrected chi connectivity index (χ3v) is 3.75. The Morgan fingerprint density at radius 1 is 1.32 bits per heavy atom. The van der Waals surface area contributed by atoms with E-state index in [4.69, 9.17) is 4.74 Å². The van der Waals surface area contributed by atoms with Crippen molar-refractivity contribution < 1.29 is 14.3 Å². The topological polar surface area (TPSA) is 67.4 Å². The minimum Gasteiger partial charge on any atom is -0.467 e. The van der Waals surface area contributed by atoms with Crippen LogP contribution in [-0.2, 0) is 16.0 Å². The van der Waals surface area contributed by atoms with Crippen LogP contribution in [0.5, 0.6) is 0 Å². The van der Waals surface area contributed by atoms with E-state index in [1.165, 1.54) is 7.11 Å². The Morgan fingerprint density at radius 2 is 2.05 bits per heavy atom. The summed E-state index contributed by atoms with van der Waals surface area (Å²) in [5, 5.41) is 6.09. The molecule has 1 heterocycles. The Labute approximate surface area is 137 Å². The fourth-order valence-electron chi connectivity index (χ4n) is 2.57. The number of carbonyl (C=O) groups excluding carboxylic acids is 2. The Hall–Kier alpha value is -1.75. The quantitative estimate of drug-likeness (QED) is 0.834. The molecule has 0 aromatic heterocycles. The van der Waals surface area contributed by atoms with E-state index < -0.39 is 12.0 Å². The number of rotatable bonds is 4. The summed E-state index contributed by atoms with van der Waals surface area (Å²) in [5.41, 5.74) is 2.66. The molecule has 2 rings (SSSR count). The molecule has 0 aliphatic carbocycles. The van der Waals surface area contributed by atoms with Gasteiger partial charge in [-0.3, -0.25) is 4.79 Å². The molecule has 2 N–H and O–H groups in total. The molecule has 0 bridgehead atoms. The van der Waals surface area contributed by atoms with Crippen LogP contribution in [0.3, 0.4) is 0 Å². The number of nitrogens with one attached hydrogen (secondary N) is 2. The molecular weight excluding hydrogens is 304 g/mol. The Bertz CT molecular complexity index is 546. The number of carbonyl (C=O) groups is 2. The SMILES string of the molecule is COC(=O)C(NC(=O)c1cccc2c1CCCN2)C(C)C.Cl. The predicted octanol–water partition coefficient (Wildman–Crippen LogP) is 2.39. The Balaban J connectivity index is 0.00000242. The molecule has 0 spiro atoms. The Morgan fingerprint density at radius 3 is 2.68 bits per heavy atom. The predicted molar refractivity (Wildman–Crippen MR) is 88.6 cm³/mol. The van der Waals surface area contributed by atoms with Gasteiger partial charge in [0.15, 0.2) is 0 Å².